The van der Waals surface area contributed by atoms with Crippen molar-refractivity contribution >= 4 is 11.6 Å². The molecule has 0 bridgehead atoms. The molecule has 4 nitrogen and oxygen atoms in total. The topological polar surface area (TPSA) is 64.3 Å². The van der Waals surface area contributed by atoms with E-state index < -0.39 is 0 Å². The molecule has 1 rings (SSSR count). The van der Waals surface area contributed by atoms with E-state index >= 15 is 0 Å². The maximum Gasteiger partial charge on any atom is 0.224 e. The van der Waals surface area contributed by atoms with E-state index in [1.807, 2.05) is 38.1 Å². The molecule has 1 unspecified atom stereocenters. The number of para-hydroxylation sites is 2. The predicted molar refractivity (Wildman–Crippen MR) is 69.1 cm³/mol. The van der Waals surface area contributed by atoms with Gasteiger partial charge in [0, 0.05) is 6.42 Å². The smallest absolute Gasteiger partial charge is 0.224 e. The molecule has 1 atom stereocenters. The Hall–Kier alpha value is -1.55. The molecule has 0 aliphatic rings. The molecule has 1 amide bonds. The van der Waals surface area contributed by atoms with E-state index in [0.717, 1.165) is 0 Å². The van der Waals surface area contributed by atoms with Crippen LogP contribution < -0.4 is 15.8 Å². The van der Waals surface area contributed by atoms with Gasteiger partial charge < -0.3 is 15.8 Å². The number of hydrogen-bond acceptors (Lipinski definition) is 3. The molecule has 0 aliphatic heterocycles. The fourth-order valence-corrected chi connectivity index (χ4v) is 1.45. The maximum absolute atomic E-state index is 11.7. The largest absolute Gasteiger partial charge is 0.492 e. The van der Waals surface area contributed by atoms with Gasteiger partial charge in [0.25, 0.3) is 0 Å². The first kappa shape index (κ1) is 13.5. The molecular weight excluding hydrogens is 216 g/mol. The second-order valence-electron chi connectivity index (χ2n) is 4.02. The van der Waals surface area contributed by atoms with Crippen LogP contribution in [0.2, 0.25) is 0 Å². The Morgan fingerprint density at radius 3 is 2.82 bits per heavy atom. The van der Waals surface area contributed by atoms with Gasteiger partial charge in [0.1, 0.15) is 5.75 Å². The van der Waals surface area contributed by atoms with Crippen molar-refractivity contribution in [2.24, 2.45) is 11.7 Å². The second kappa shape index (κ2) is 6.91. The number of amides is 1. The summed E-state index contributed by atoms with van der Waals surface area (Å²) in [6, 6.07) is 7.41. The van der Waals surface area contributed by atoms with Crippen LogP contribution in [0.15, 0.2) is 24.3 Å². The van der Waals surface area contributed by atoms with E-state index in [1.165, 1.54) is 0 Å². The van der Waals surface area contributed by atoms with Crippen molar-refractivity contribution in [1.82, 2.24) is 0 Å². The lowest BCUT2D eigenvalue weighted by Crippen LogP contribution is -2.20. The first-order valence-electron chi connectivity index (χ1n) is 5.89. The summed E-state index contributed by atoms with van der Waals surface area (Å²) in [5.41, 5.74) is 6.20. The molecule has 17 heavy (non-hydrogen) atoms. The molecule has 94 valence electrons. The summed E-state index contributed by atoms with van der Waals surface area (Å²) < 4.78 is 5.43. The highest BCUT2D eigenvalue weighted by Gasteiger charge is 2.10. The standard InChI is InChI=1S/C13H20N2O2/c1-3-17-12-7-5-4-6-11(12)15-13(16)8-10(2)9-14/h4-7,10H,3,8-9,14H2,1-2H3,(H,15,16). The number of anilines is 1. The summed E-state index contributed by atoms with van der Waals surface area (Å²) in [7, 11) is 0. The minimum atomic E-state index is -0.0323. The van der Waals surface area contributed by atoms with Crippen LogP contribution in [0.3, 0.4) is 0 Å². The zero-order valence-corrected chi connectivity index (χ0v) is 10.4. The normalized spacial score (nSPS) is 11.9. The van der Waals surface area contributed by atoms with Crippen LogP contribution in [0.1, 0.15) is 20.3 Å². The number of ether oxygens (including phenoxy) is 1. The summed E-state index contributed by atoms with van der Waals surface area (Å²) in [5, 5.41) is 2.84. The zero-order valence-electron chi connectivity index (χ0n) is 10.4. The van der Waals surface area contributed by atoms with Crippen LogP contribution >= 0.6 is 0 Å². The molecule has 0 fully saturated rings. The van der Waals surface area contributed by atoms with Gasteiger partial charge in [0.05, 0.1) is 12.3 Å². The highest BCUT2D eigenvalue weighted by molar-refractivity contribution is 5.92. The van der Waals surface area contributed by atoms with Gasteiger partial charge >= 0.3 is 0 Å². The molecule has 0 saturated carbocycles. The number of rotatable bonds is 6. The summed E-state index contributed by atoms with van der Waals surface area (Å²) >= 11 is 0. The van der Waals surface area contributed by atoms with Crippen LogP contribution in [0.5, 0.6) is 5.75 Å². The molecule has 1 aromatic carbocycles. The van der Waals surface area contributed by atoms with Crippen molar-refractivity contribution in [2.75, 3.05) is 18.5 Å². The third-order valence-electron chi connectivity index (χ3n) is 2.40. The van der Waals surface area contributed by atoms with Gasteiger partial charge in [-0.3, -0.25) is 4.79 Å². The van der Waals surface area contributed by atoms with E-state index in [4.69, 9.17) is 10.5 Å². The Balaban J connectivity index is 2.64. The minimum absolute atomic E-state index is 0.0323. The molecule has 0 saturated heterocycles. The van der Waals surface area contributed by atoms with E-state index in [-0.39, 0.29) is 11.8 Å². The van der Waals surface area contributed by atoms with Gasteiger partial charge in [0.15, 0.2) is 0 Å². The van der Waals surface area contributed by atoms with Gasteiger partial charge in [-0.05, 0) is 31.5 Å². The monoisotopic (exact) mass is 236 g/mol. The summed E-state index contributed by atoms with van der Waals surface area (Å²) in [5.74, 6) is 0.855. The van der Waals surface area contributed by atoms with E-state index in [9.17, 15) is 4.79 Å². The van der Waals surface area contributed by atoms with Crippen LogP contribution in [0, 0.1) is 5.92 Å². The number of hydrogen-bond donors (Lipinski definition) is 2. The van der Waals surface area contributed by atoms with Gasteiger partial charge in [-0.15, -0.1) is 0 Å². The number of benzene rings is 1. The average Bonchev–Trinajstić information content (AvgIpc) is 2.31. The molecule has 1 aromatic rings. The molecule has 0 spiro atoms. The van der Waals surface area contributed by atoms with E-state index in [2.05, 4.69) is 5.32 Å². The number of carbonyl (C=O) groups is 1. The van der Waals surface area contributed by atoms with Crippen molar-refractivity contribution in [2.45, 2.75) is 20.3 Å². The lowest BCUT2D eigenvalue weighted by Gasteiger charge is -2.12. The molecule has 0 heterocycles. The van der Waals surface area contributed by atoms with E-state index in [0.29, 0.717) is 31.0 Å². The number of carbonyl (C=O) groups excluding carboxylic acids is 1. The highest BCUT2D eigenvalue weighted by atomic mass is 16.5. The highest BCUT2D eigenvalue weighted by Crippen LogP contribution is 2.23. The Kier molecular flexibility index (Phi) is 5.49. The van der Waals surface area contributed by atoms with Crippen molar-refractivity contribution in [3.8, 4) is 5.75 Å². The molecule has 4 heteroatoms. The first-order chi connectivity index (χ1) is 8.17. The summed E-state index contributed by atoms with van der Waals surface area (Å²) in [6.07, 6.45) is 0.428. The average molecular weight is 236 g/mol. The van der Waals surface area contributed by atoms with Crippen molar-refractivity contribution in [1.29, 1.82) is 0 Å². The van der Waals surface area contributed by atoms with Crippen LogP contribution in [-0.2, 0) is 4.79 Å². The molecule has 3 N–H and O–H groups in total. The van der Waals surface area contributed by atoms with Crippen LogP contribution in [0.4, 0.5) is 5.69 Å². The van der Waals surface area contributed by atoms with Crippen molar-refractivity contribution < 1.29 is 9.53 Å². The SMILES string of the molecule is CCOc1ccccc1NC(=O)CC(C)CN. The second-order valence-corrected chi connectivity index (χ2v) is 4.02. The van der Waals surface area contributed by atoms with Crippen molar-refractivity contribution in [3.05, 3.63) is 24.3 Å². The fraction of sp³-hybridized carbons (Fsp3) is 0.462. The molecule has 0 radical (unpaired) electrons. The maximum atomic E-state index is 11.7. The quantitative estimate of drug-likeness (QED) is 0.794. The van der Waals surface area contributed by atoms with Gasteiger partial charge in [-0.1, -0.05) is 19.1 Å². The third-order valence-corrected chi connectivity index (χ3v) is 2.40. The Morgan fingerprint density at radius 2 is 2.18 bits per heavy atom. The molecular formula is C13H20N2O2. The Bertz CT molecular complexity index is 366. The van der Waals surface area contributed by atoms with Crippen molar-refractivity contribution in [3.63, 3.8) is 0 Å². The minimum Gasteiger partial charge on any atom is -0.492 e. The molecule has 0 aliphatic carbocycles. The molecule has 0 aromatic heterocycles. The first-order valence-corrected chi connectivity index (χ1v) is 5.89. The van der Waals surface area contributed by atoms with E-state index in [1.54, 1.807) is 0 Å². The third kappa shape index (κ3) is 4.44. The number of nitrogens with one attached hydrogen (secondary N) is 1. The van der Waals surface area contributed by atoms with Crippen LogP contribution in [0.25, 0.3) is 0 Å². The van der Waals surface area contributed by atoms with Gasteiger partial charge in [0.2, 0.25) is 5.91 Å². The predicted octanol–water partition coefficient (Wildman–Crippen LogP) is 2.01. The zero-order chi connectivity index (χ0) is 12.7. The lowest BCUT2D eigenvalue weighted by molar-refractivity contribution is -0.116. The lowest BCUT2D eigenvalue weighted by atomic mass is 10.1. The number of nitrogens with two attached hydrogens (primary N) is 1. The fourth-order valence-electron chi connectivity index (χ4n) is 1.45. The van der Waals surface area contributed by atoms with Gasteiger partial charge in [-0.25, -0.2) is 0 Å². The summed E-state index contributed by atoms with van der Waals surface area (Å²) in [6.45, 7) is 4.95. The van der Waals surface area contributed by atoms with Crippen LogP contribution in [-0.4, -0.2) is 19.1 Å². The Labute approximate surface area is 102 Å². The van der Waals surface area contributed by atoms with Gasteiger partial charge in [-0.2, -0.15) is 0 Å². The Morgan fingerprint density at radius 1 is 1.47 bits per heavy atom. The summed E-state index contributed by atoms with van der Waals surface area (Å²) in [4.78, 5) is 11.7.